The van der Waals surface area contributed by atoms with Crippen LogP contribution >= 0.6 is 0 Å². The predicted octanol–water partition coefficient (Wildman–Crippen LogP) is 8.61. The molecule has 188 valence electrons. The first-order chi connectivity index (χ1) is 16.6. The summed E-state index contributed by atoms with van der Waals surface area (Å²) in [6, 6.07) is 10.4. The molecule has 2 aromatic carbocycles. The first-order valence-electron chi connectivity index (χ1n) is 13.1. The van der Waals surface area contributed by atoms with E-state index in [0.717, 1.165) is 37.7 Å². The van der Waals surface area contributed by atoms with E-state index >= 15 is 0 Å². The van der Waals surface area contributed by atoms with E-state index in [1.165, 1.54) is 38.2 Å². The standard InChI is InChI=1S/C29H40F2O3/c1-3-5-7-9-10-12-22-20-33-29(34-21-22)24-15-13-23(14-16-24)25-17-18-26(28(31)27(25)30)32-19-11-8-6-4-2/h13-18,22,29H,3-12,19-21H2,1-2H3. The van der Waals surface area contributed by atoms with Crippen LogP contribution in [0.2, 0.25) is 0 Å². The van der Waals surface area contributed by atoms with Gasteiger partial charge in [-0.3, -0.25) is 0 Å². The fourth-order valence-electron chi connectivity index (χ4n) is 4.34. The van der Waals surface area contributed by atoms with Crippen LogP contribution in [0.5, 0.6) is 5.75 Å². The third-order valence-electron chi connectivity index (χ3n) is 6.48. The summed E-state index contributed by atoms with van der Waals surface area (Å²) in [4.78, 5) is 0. The number of unbranched alkanes of at least 4 members (excludes halogenated alkanes) is 7. The van der Waals surface area contributed by atoms with Crippen molar-refractivity contribution in [1.82, 2.24) is 0 Å². The van der Waals surface area contributed by atoms with E-state index in [9.17, 15) is 8.78 Å². The van der Waals surface area contributed by atoms with E-state index < -0.39 is 17.9 Å². The van der Waals surface area contributed by atoms with Crippen LogP contribution in [-0.2, 0) is 9.47 Å². The van der Waals surface area contributed by atoms with Crippen molar-refractivity contribution in [3.05, 3.63) is 53.6 Å². The van der Waals surface area contributed by atoms with Gasteiger partial charge in [-0.2, -0.15) is 4.39 Å². The molecule has 0 saturated carbocycles. The van der Waals surface area contributed by atoms with Crippen molar-refractivity contribution in [2.45, 2.75) is 84.3 Å². The van der Waals surface area contributed by atoms with Crippen molar-refractivity contribution in [3.63, 3.8) is 0 Å². The van der Waals surface area contributed by atoms with Gasteiger partial charge in [-0.05, 0) is 30.5 Å². The Balaban J connectivity index is 1.51. The minimum atomic E-state index is -0.934. The molecule has 0 bridgehead atoms. The zero-order valence-corrected chi connectivity index (χ0v) is 20.8. The van der Waals surface area contributed by atoms with Gasteiger partial charge in [-0.15, -0.1) is 0 Å². The van der Waals surface area contributed by atoms with Crippen LogP contribution in [0.15, 0.2) is 36.4 Å². The van der Waals surface area contributed by atoms with Crippen molar-refractivity contribution < 1.29 is 23.0 Å². The Hall–Kier alpha value is -1.98. The van der Waals surface area contributed by atoms with Crippen LogP contribution in [0, 0.1) is 17.6 Å². The van der Waals surface area contributed by atoms with Crippen LogP contribution in [-0.4, -0.2) is 19.8 Å². The summed E-state index contributed by atoms with van der Waals surface area (Å²) in [5.41, 5.74) is 1.71. The first kappa shape index (κ1) is 26.6. The smallest absolute Gasteiger partial charge is 0.201 e. The monoisotopic (exact) mass is 474 g/mol. The molecule has 0 aliphatic carbocycles. The first-order valence-corrected chi connectivity index (χ1v) is 13.1. The van der Waals surface area contributed by atoms with Gasteiger partial charge in [0.2, 0.25) is 5.82 Å². The molecule has 1 aliphatic rings. The Labute approximate surface area is 203 Å². The van der Waals surface area contributed by atoms with Gasteiger partial charge >= 0.3 is 0 Å². The molecule has 0 unspecified atom stereocenters. The summed E-state index contributed by atoms with van der Waals surface area (Å²) in [6.07, 6.45) is 11.2. The van der Waals surface area contributed by atoms with Gasteiger partial charge in [0, 0.05) is 17.0 Å². The average molecular weight is 475 g/mol. The summed E-state index contributed by atoms with van der Waals surface area (Å²) in [5, 5.41) is 0. The predicted molar refractivity (Wildman–Crippen MR) is 133 cm³/mol. The normalized spacial score (nSPS) is 18.2. The van der Waals surface area contributed by atoms with Crippen molar-refractivity contribution in [2.75, 3.05) is 19.8 Å². The summed E-state index contributed by atoms with van der Waals surface area (Å²) in [5.74, 6) is -1.40. The Morgan fingerprint density at radius 3 is 2.09 bits per heavy atom. The molecular weight excluding hydrogens is 434 g/mol. The van der Waals surface area contributed by atoms with Gasteiger partial charge in [-0.1, -0.05) is 89.5 Å². The van der Waals surface area contributed by atoms with Gasteiger partial charge in [-0.25, -0.2) is 4.39 Å². The van der Waals surface area contributed by atoms with Crippen LogP contribution in [0.1, 0.15) is 89.9 Å². The molecule has 0 aromatic heterocycles. The second kappa shape index (κ2) is 14.4. The van der Waals surface area contributed by atoms with Gasteiger partial charge in [0.1, 0.15) is 0 Å². The quantitative estimate of drug-likeness (QED) is 0.257. The van der Waals surface area contributed by atoms with Gasteiger partial charge < -0.3 is 14.2 Å². The number of ether oxygens (including phenoxy) is 3. The second-order valence-electron chi connectivity index (χ2n) is 9.34. The summed E-state index contributed by atoms with van der Waals surface area (Å²) in [6.45, 7) is 6.14. The highest BCUT2D eigenvalue weighted by molar-refractivity contribution is 5.65. The van der Waals surface area contributed by atoms with E-state index in [4.69, 9.17) is 14.2 Å². The molecule has 5 heteroatoms. The highest BCUT2D eigenvalue weighted by atomic mass is 19.2. The van der Waals surface area contributed by atoms with E-state index in [1.54, 1.807) is 18.2 Å². The van der Waals surface area contributed by atoms with E-state index in [1.807, 2.05) is 12.1 Å². The molecule has 1 saturated heterocycles. The van der Waals surface area contributed by atoms with Gasteiger partial charge in [0.25, 0.3) is 0 Å². The zero-order valence-electron chi connectivity index (χ0n) is 20.8. The molecule has 34 heavy (non-hydrogen) atoms. The fraction of sp³-hybridized carbons (Fsp3) is 0.586. The van der Waals surface area contributed by atoms with Crippen LogP contribution in [0.25, 0.3) is 11.1 Å². The minimum Gasteiger partial charge on any atom is -0.490 e. The topological polar surface area (TPSA) is 27.7 Å². The number of hydrogen-bond acceptors (Lipinski definition) is 3. The third kappa shape index (κ3) is 7.78. The molecule has 3 rings (SSSR count). The van der Waals surface area contributed by atoms with Crippen molar-refractivity contribution in [1.29, 1.82) is 0 Å². The van der Waals surface area contributed by atoms with Crippen LogP contribution < -0.4 is 4.74 Å². The minimum absolute atomic E-state index is 0.0294. The molecule has 0 spiro atoms. The second-order valence-corrected chi connectivity index (χ2v) is 9.34. The Bertz CT molecular complexity index is 845. The molecule has 1 heterocycles. The van der Waals surface area contributed by atoms with Crippen LogP contribution in [0.3, 0.4) is 0 Å². The number of halogens is 2. The third-order valence-corrected chi connectivity index (χ3v) is 6.48. The lowest BCUT2D eigenvalue weighted by atomic mass is 10.0. The van der Waals surface area contributed by atoms with Gasteiger partial charge in [0.05, 0.1) is 19.8 Å². The average Bonchev–Trinajstić information content (AvgIpc) is 2.87. The highest BCUT2D eigenvalue weighted by Gasteiger charge is 2.23. The lowest BCUT2D eigenvalue weighted by molar-refractivity contribution is -0.206. The van der Waals surface area contributed by atoms with Crippen molar-refractivity contribution >= 4 is 0 Å². The molecule has 3 nitrogen and oxygen atoms in total. The lowest BCUT2D eigenvalue weighted by Gasteiger charge is -2.29. The van der Waals surface area contributed by atoms with Gasteiger partial charge in [0.15, 0.2) is 17.9 Å². The molecule has 1 fully saturated rings. The van der Waals surface area contributed by atoms with Crippen LogP contribution in [0.4, 0.5) is 8.78 Å². The van der Waals surface area contributed by atoms with E-state index in [-0.39, 0.29) is 11.3 Å². The fourth-order valence-corrected chi connectivity index (χ4v) is 4.34. The maximum atomic E-state index is 14.7. The Kier molecular flexibility index (Phi) is 11.3. The number of hydrogen-bond donors (Lipinski definition) is 0. The maximum absolute atomic E-state index is 14.7. The maximum Gasteiger partial charge on any atom is 0.201 e. The van der Waals surface area contributed by atoms with E-state index in [2.05, 4.69) is 13.8 Å². The summed E-state index contributed by atoms with van der Waals surface area (Å²) >= 11 is 0. The number of benzene rings is 2. The molecule has 1 aliphatic heterocycles. The van der Waals surface area contributed by atoms with Crippen molar-refractivity contribution in [3.8, 4) is 16.9 Å². The molecule has 0 amide bonds. The lowest BCUT2D eigenvalue weighted by Crippen LogP contribution is -2.27. The SMILES string of the molecule is CCCCCCCC1COC(c2ccc(-c3ccc(OCCCCCC)c(F)c3F)cc2)OC1. The molecule has 0 atom stereocenters. The highest BCUT2D eigenvalue weighted by Crippen LogP contribution is 2.32. The summed E-state index contributed by atoms with van der Waals surface area (Å²) in [7, 11) is 0. The van der Waals surface area contributed by atoms with Crippen molar-refractivity contribution in [2.24, 2.45) is 5.92 Å². The number of rotatable bonds is 14. The Morgan fingerprint density at radius 2 is 1.41 bits per heavy atom. The molecule has 2 aromatic rings. The molecular formula is C29H40F2O3. The summed E-state index contributed by atoms with van der Waals surface area (Å²) < 4.78 is 46.6. The Morgan fingerprint density at radius 1 is 0.765 bits per heavy atom. The molecule has 0 radical (unpaired) electrons. The zero-order chi connectivity index (χ0) is 24.2. The van der Waals surface area contributed by atoms with E-state index in [0.29, 0.717) is 31.3 Å². The molecule has 0 N–H and O–H groups in total. The largest absolute Gasteiger partial charge is 0.490 e.